The van der Waals surface area contributed by atoms with Gasteiger partial charge in [-0.25, -0.2) is 27.8 Å². The van der Waals surface area contributed by atoms with Gasteiger partial charge in [0, 0.05) is 30.5 Å². The molecule has 15 heteroatoms. The second-order valence-electron chi connectivity index (χ2n) is 6.07. The Morgan fingerprint density at radius 1 is 0.906 bits per heavy atom. The van der Waals surface area contributed by atoms with Gasteiger partial charge in [0.25, 0.3) is 5.56 Å². The molecule has 0 atom stereocenters. The summed E-state index contributed by atoms with van der Waals surface area (Å²) >= 11 is 0. The van der Waals surface area contributed by atoms with Crippen LogP contribution < -0.4 is 21.8 Å². The summed E-state index contributed by atoms with van der Waals surface area (Å²) in [5.74, 6) is 0.621. The van der Waals surface area contributed by atoms with E-state index < -0.39 is 68.5 Å². The van der Waals surface area contributed by atoms with Crippen LogP contribution in [0.15, 0.2) is 46.1 Å². The van der Waals surface area contributed by atoms with Gasteiger partial charge in [0.2, 0.25) is 5.88 Å². The molecule has 0 aliphatic rings. The van der Waals surface area contributed by atoms with Crippen LogP contribution in [0.3, 0.4) is 0 Å². The fraction of sp³-hybridized carbons (Fsp3) is 0.118. The van der Waals surface area contributed by atoms with Crippen molar-refractivity contribution in [3.8, 4) is 17.3 Å². The standard InChI is InChI=1S/C17H8F8N4O3/c18-8-3-9(19)11(32-13-2-1-7(6-27-13)16(20,21)22)4-10(8)28-14(30)5-12(17(23,24)25)29(26)15(28)31/h1-6H,26H2. The lowest BCUT2D eigenvalue weighted by atomic mass is 10.2. The van der Waals surface area contributed by atoms with Gasteiger partial charge in [-0.05, 0) is 6.07 Å². The normalized spacial score (nSPS) is 12.1. The number of ether oxygens (including phenoxy) is 1. The molecule has 0 aliphatic carbocycles. The molecule has 0 saturated carbocycles. The number of rotatable bonds is 3. The second-order valence-corrected chi connectivity index (χ2v) is 6.07. The summed E-state index contributed by atoms with van der Waals surface area (Å²) in [6.45, 7) is 0. The van der Waals surface area contributed by atoms with Gasteiger partial charge in [-0.1, -0.05) is 0 Å². The van der Waals surface area contributed by atoms with Crippen LogP contribution in [-0.4, -0.2) is 14.2 Å². The zero-order chi connectivity index (χ0) is 24.0. The minimum atomic E-state index is -5.18. The fourth-order valence-corrected chi connectivity index (χ4v) is 2.49. The molecular weight excluding hydrogens is 460 g/mol. The van der Waals surface area contributed by atoms with Gasteiger partial charge in [0.05, 0.1) is 11.3 Å². The van der Waals surface area contributed by atoms with Crippen LogP contribution >= 0.6 is 0 Å². The number of hydrogen-bond acceptors (Lipinski definition) is 5. The fourth-order valence-electron chi connectivity index (χ4n) is 2.49. The Kier molecular flexibility index (Phi) is 5.44. The molecule has 170 valence electrons. The van der Waals surface area contributed by atoms with Crippen molar-refractivity contribution < 1.29 is 39.9 Å². The number of nitrogens with two attached hydrogens (primary N) is 1. The van der Waals surface area contributed by atoms with E-state index in [1.54, 1.807) is 0 Å². The van der Waals surface area contributed by atoms with E-state index in [0.29, 0.717) is 24.4 Å². The highest BCUT2D eigenvalue weighted by Gasteiger charge is 2.36. The van der Waals surface area contributed by atoms with Crippen molar-refractivity contribution in [2.45, 2.75) is 12.4 Å². The molecule has 1 aromatic carbocycles. The Hall–Kier alpha value is -3.91. The third kappa shape index (κ3) is 4.26. The smallest absolute Gasteiger partial charge is 0.433 e. The molecule has 3 rings (SSSR count). The van der Waals surface area contributed by atoms with Crippen molar-refractivity contribution in [2.24, 2.45) is 0 Å². The van der Waals surface area contributed by atoms with Crippen LogP contribution in [0.4, 0.5) is 35.1 Å². The number of hydrogen-bond donors (Lipinski definition) is 1. The third-order valence-electron chi connectivity index (χ3n) is 3.95. The second kappa shape index (κ2) is 7.65. The van der Waals surface area contributed by atoms with E-state index in [4.69, 9.17) is 10.6 Å². The molecule has 0 aliphatic heterocycles. The average molecular weight is 468 g/mol. The zero-order valence-electron chi connectivity index (χ0n) is 15.1. The van der Waals surface area contributed by atoms with Gasteiger partial charge in [-0.2, -0.15) is 26.3 Å². The number of pyridine rings is 1. The molecule has 0 bridgehead atoms. The van der Waals surface area contributed by atoms with Crippen molar-refractivity contribution in [1.29, 1.82) is 0 Å². The topological polar surface area (TPSA) is 92.1 Å². The molecule has 2 N–H and O–H groups in total. The maximum absolute atomic E-state index is 14.3. The van der Waals surface area contributed by atoms with Crippen LogP contribution in [0.1, 0.15) is 11.3 Å². The van der Waals surface area contributed by atoms with Crippen molar-refractivity contribution in [3.05, 3.63) is 80.3 Å². The first-order valence-corrected chi connectivity index (χ1v) is 8.12. The van der Waals surface area contributed by atoms with Gasteiger partial charge in [-0.15, -0.1) is 0 Å². The Morgan fingerprint density at radius 3 is 2.09 bits per heavy atom. The molecule has 7 nitrogen and oxygen atoms in total. The minimum Gasteiger partial charge on any atom is -0.436 e. The summed E-state index contributed by atoms with van der Waals surface area (Å²) in [4.78, 5) is 27.6. The average Bonchev–Trinajstić information content (AvgIpc) is 2.67. The van der Waals surface area contributed by atoms with E-state index in [1.165, 1.54) is 0 Å². The van der Waals surface area contributed by atoms with E-state index in [-0.39, 0.29) is 16.7 Å². The molecular formula is C17H8F8N4O3. The summed E-state index contributed by atoms with van der Waals surface area (Å²) < 4.78 is 109. The van der Waals surface area contributed by atoms with Crippen LogP contribution in [0.5, 0.6) is 11.6 Å². The maximum Gasteiger partial charge on any atom is 0.433 e. The molecule has 2 aromatic heterocycles. The van der Waals surface area contributed by atoms with Crippen molar-refractivity contribution in [3.63, 3.8) is 0 Å². The summed E-state index contributed by atoms with van der Waals surface area (Å²) in [7, 11) is 0. The first kappa shape index (κ1) is 22.8. The van der Waals surface area contributed by atoms with E-state index in [0.717, 1.165) is 0 Å². The van der Waals surface area contributed by atoms with E-state index >= 15 is 0 Å². The monoisotopic (exact) mass is 468 g/mol. The Balaban J connectivity index is 2.10. The summed E-state index contributed by atoms with van der Waals surface area (Å²) in [5.41, 5.74) is -7.46. The Bertz CT molecular complexity index is 1290. The van der Waals surface area contributed by atoms with E-state index in [9.17, 15) is 44.7 Å². The lowest BCUT2D eigenvalue weighted by Gasteiger charge is -2.15. The van der Waals surface area contributed by atoms with Gasteiger partial charge in [0.15, 0.2) is 23.1 Å². The lowest BCUT2D eigenvalue weighted by molar-refractivity contribution is -0.143. The zero-order valence-corrected chi connectivity index (χ0v) is 15.1. The third-order valence-corrected chi connectivity index (χ3v) is 3.95. The molecule has 0 saturated heterocycles. The largest absolute Gasteiger partial charge is 0.436 e. The minimum absolute atomic E-state index is 0.0812. The van der Waals surface area contributed by atoms with Crippen LogP contribution in [-0.2, 0) is 12.4 Å². The van der Waals surface area contributed by atoms with Crippen molar-refractivity contribution in [2.75, 3.05) is 5.84 Å². The van der Waals surface area contributed by atoms with Gasteiger partial charge in [-0.3, -0.25) is 4.79 Å². The first-order chi connectivity index (χ1) is 14.7. The van der Waals surface area contributed by atoms with Gasteiger partial charge < -0.3 is 10.6 Å². The lowest BCUT2D eigenvalue weighted by Crippen LogP contribution is -2.45. The molecule has 2 heterocycles. The van der Waals surface area contributed by atoms with Gasteiger partial charge >= 0.3 is 18.0 Å². The summed E-state index contributed by atoms with van der Waals surface area (Å²) in [6, 6.07) is 1.75. The molecule has 0 amide bonds. The van der Waals surface area contributed by atoms with Crippen molar-refractivity contribution >= 4 is 0 Å². The maximum atomic E-state index is 14.3. The summed E-state index contributed by atoms with van der Waals surface area (Å²) in [6.07, 6.45) is -9.53. The number of alkyl halides is 6. The molecule has 0 spiro atoms. The number of aromatic nitrogens is 3. The SMILES string of the molecule is Nn1c(C(F)(F)F)cc(=O)n(-c2cc(Oc3ccc(C(F)(F)F)cn3)c(F)cc2F)c1=O. The summed E-state index contributed by atoms with van der Waals surface area (Å²) in [5, 5.41) is 0. The molecule has 0 fully saturated rings. The number of nitrogens with zero attached hydrogens (tertiary/aromatic N) is 3. The van der Waals surface area contributed by atoms with Gasteiger partial charge in [0.1, 0.15) is 0 Å². The number of nitrogen functional groups attached to an aromatic ring is 1. The highest BCUT2D eigenvalue weighted by Crippen LogP contribution is 2.32. The number of benzene rings is 1. The van der Waals surface area contributed by atoms with Crippen molar-refractivity contribution in [1.82, 2.24) is 14.2 Å². The van der Waals surface area contributed by atoms with Crippen LogP contribution in [0.2, 0.25) is 0 Å². The first-order valence-electron chi connectivity index (χ1n) is 8.12. The highest BCUT2D eigenvalue weighted by atomic mass is 19.4. The predicted octanol–water partition coefficient (Wildman–Crippen LogP) is 3.22. The van der Waals surface area contributed by atoms with E-state index in [1.807, 2.05) is 0 Å². The van der Waals surface area contributed by atoms with E-state index in [2.05, 4.69) is 4.98 Å². The molecule has 32 heavy (non-hydrogen) atoms. The predicted molar refractivity (Wildman–Crippen MR) is 90.7 cm³/mol. The molecule has 3 aromatic rings. The Labute approximate surface area is 170 Å². The molecule has 0 radical (unpaired) electrons. The van der Waals surface area contributed by atoms with Crippen LogP contribution in [0, 0.1) is 11.6 Å². The highest BCUT2D eigenvalue weighted by molar-refractivity contribution is 5.43. The quantitative estimate of drug-likeness (QED) is 0.471. The van der Waals surface area contributed by atoms with Crippen LogP contribution in [0.25, 0.3) is 5.69 Å². The molecule has 0 unspecified atom stereocenters. The Morgan fingerprint density at radius 2 is 1.56 bits per heavy atom. The number of halogens is 8.